The molecule has 0 saturated heterocycles. The molecule has 2 atom stereocenters. The fraction of sp³-hybridized carbons (Fsp3) is 0.282. The SMILES string of the molecule is C/C=C(\NCC(c1cccc(F)c1)c1cc2c(c(-c3cc(C(F)(F)F)c(F)cc3F)n1)OCC2C)c1cc(NC)c2nc(C3CC3)oc2c1.C=CN. The number of halogens is 6. The topological polar surface area (TPSA) is 98.2 Å². The van der Waals surface area contributed by atoms with Crippen molar-refractivity contribution in [3.05, 3.63) is 125 Å². The van der Waals surface area contributed by atoms with E-state index in [9.17, 15) is 22.0 Å². The van der Waals surface area contributed by atoms with Crippen molar-refractivity contribution in [2.24, 2.45) is 5.73 Å². The second-order valence-corrected chi connectivity index (χ2v) is 12.7. The van der Waals surface area contributed by atoms with Crippen molar-refractivity contribution in [2.45, 2.75) is 50.6 Å². The van der Waals surface area contributed by atoms with Gasteiger partial charge in [-0.3, -0.25) is 0 Å². The van der Waals surface area contributed by atoms with Crippen LogP contribution in [0.5, 0.6) is 5.75 Å². The Morgan fingerprint density at radius 2 is 1.81 bits per heavy atom. The minimum atomic E-state index is -5.07. The Balaban J connectivity index is 0.00000150. The quantitative estimate of drug-likeness (QED) is 0.131. The number of aromatic nitrogens is 2. The highest BCUT2D eigenvalue weighted by Crippen LogP contribution is 2.45. The summed E-state index contributed by atoms with van der Waals surface area (Å²) < 4.78 is 97.3. The molecule has 2 aliphatic rings. The van der Waals surface area contributed by atoms with E-state index in [1.54, 1.807) is 25.2 Å². The number of pyridine rings is 1. The smallest absolute Gasteiger partial charge is 0.419 e. The second kappa shape index (κ2) is 14.6. The lowest BCUT2D eigenvalue weighted by atomic mass is 9.90. The molecule has 3 heterocycles. The molecule has 0 radical (unpaired) electrons. The number of ether oxygens (including phenoxy) is 1. The third-order valence-corrected chi connectivity index (χ3v) is 9.06. The Hall–Kier alpha value is -5.46. The Labute approximate surface area is 296 Å². The number of nitrogens with zero attached hydrogens (tertiary/aromatic N) is 2. The van der Waals surface area contributed by atoms with Crippen LogP contribution in [0.2, 0.25) is 0 Å². The van der Waals surface area contributed by atoms with Gasteiger partial charge in [0.1, 0.15) is 34.4 Å². The molecule has 4 N–H and O–H groups in total. The Morgan fingerprint density at radius 1 is 1.06 bits per heavy atom. The highest BCUT2D eigenvalue weighted by atomic mass is 19.4. The maximum Gasteiger partial charge on any atom is 0.419 e. The van der Waals surface area contributed by atoms with E-state index in [1.165, 1.54) is 18.3 Å². The standard InChI is InChI=1S/C37H32F6N4O2.C2H5N/c1-4-29(21-11-31(44-3)34-32(12-21)49-36(47-34)19-8-9-19)45-16-25(20-6-5-7-22(38)10-20)30-14-23-18(2)17-48-35(23)33(46-30)24-13-26(37(41,42)43)28(40)15-27(24)39;1-2-3/h4-7,10-15,18-19,25,44-45H,8-9,16-17H2,1-3H3;2H,1,3H2/b29-4-;. The lowest BCUT2D eigenvalue weighted by Gasteiger charge is -2.22. The van der Waals surface area contributed by atoms with Crippen molar-refractivity contribution >= 4 is 22.5 Å². The van der Waals surface area contributed by atoms with Crippen LogP contribution in [0, 0.1) is 17.5 Å². The highest BCUT2D eigenvalue weighted by Gasteiger charge is 2.37. The second-order valence-electron chi connectivity index (χ2n) is 12.7. The van der Waals surface area contributed by atoms with Gasteiger partial charge < -0.3 is 25.5 Å². The molecule has 1 aliphatic heterocycles. The van der Waals surface area contributed by atoms with Crippen LogP contribution in [0.1, 0.15) is 78.3 Å². The largest absolute Gasteiger partial charge is 0.490 e. The van der Waals surface area contributed by atoms with Crippen molar-refractivity contribution in [1.29, 1.82) is 0 Å². The van der Waals surface area contributed by atoms with Crippen molar-refractivity contribution in [3.63, 3.8) is 0 Å². The van der Waals surface area contributed by atoms with E-state index in [-0.39, 0.29) is 36.6 Å². The number of benzene rings is 3. The van der Waals surface area contributed by atoms with E-state index in [4.69, 9.17) is 14.1 Å². The predicted molar refractivity (Wildman–Crippen MR) is 188 cm³/mol. The van der Waals surface area contributed by atoms with Gasteiger partial charge in [0.05, 0.1) is 23.6 Å². The number of rotatable bonds is 9. The average molecular weight is 722 g/mol. The van der Waals surface area contributed by atoms with Gasteiger partial charge in [-0.1, -0.05) is 31.7 Å². The number of fused-ring (bicyclic) bond motifs is 2. The first kappa shape index (κ1) is 36.3. The zero-order valence-corrected chi connectivity index (χ0v) is 28.7. The first-order chi connectivity index (χ1) is 24.9. The number of alkyl halides is 3. The first-order valence-corrected chi connectivity index (χ1v) is 16.7. The zero-order valence-electron chi connectivity index (χ0n) is 28.7. The number of hydrogen-bond donors (Lipinski definition) is 3. The van der Waals surface area contributed by atoms with Crippen LogP contribution in [0.15, 0.2) is 77.9 Å². The molecule has 0 bridgehead atoms. The Morgan fingerprint density at radius 3 is 2.46 bits per heavy atom. The molecule has 1 saturated carbocycles. The number of allylic oxidation sites excluding steroid dienone is 1. The summed E-state index contributed by atoms with van der Waals surface area (Å²) in [5, 5.41) is 6.64. The molecule has 13 heteroatoms. The molecular weight excluding hydrogens is 684 g/mol. The normalized spacial score (nSPS) is 16.1. The van der Waals surface area contributed by atoms with E-state index in [0.29, 0.717) is 40.3 Å². The van der Waals surface area contributed by atoms with Crippen molar-refractivity contribution in [3.8, 4) is 17.0 Å². The zero-order chi connectivity index (χ0) is 37.3. The summed E-state index contributed by atoms with van der Waals surface area (Å²) in [5.41, 5.74) is 7.39. The third kappa shape index (κ3) is 7.30. The summed E-state index contributed by atoms with van der Waals surface area (Å²) >= 11 is 0. The fourth-order valence-corrected chi connectivity index (χ4v) is 6.30. The van der Waals surface area contributed by atoms with Crippen molar-refractivity contribution in [2.75, 3.05) is 25.5 Å². The summed E-state index contributed by atoms with van der Waals surface area (Å²) in [4.78, 5) is 9.37. The molecule has 52 heavy (non-hydrogen) atoms. The lowest BCUT2D eigenvalue weighted by Crippen LogP contribution is -2.22. The highest BCUT2D eigenvalue weighted by molar-refractivity contribution is 5.90. The molecule has 0 amide bonds. The molecule has 1 fully saturated rings. The number of oxazole rings is 1. The first-order valence-electron chi connectivity index (χ1n) is 16.7. The fourth-order valence-electron chi connectivity index (χ4n) is 6.30. The molecule has 272 valence electrons. The lowest BCUT2D eigenvalue weighted by molar-refractivity contribution is -0.140. The van der Waals surface area contributed by atoms with Gasteiger partial charge >= 0.3 is 6.18 Å². The molecule has 3 aromatic carbocycles. The van der Waals surface area contributed by atoms with Gasteiger partial charge in [0.15, 0.2) is 11.5 Å². The van der Waals surface area contributed by atoms with Crippen LogP contribution < -0.4 is 21.1 Å². The van der Waals surface area contributed by atoms with Gasteiger partial charge in [0, 0.05) is 59.8 Å². The van der Waals surface area contributed by atoms with Crippen LogP contribution >= 0.6 is 0 Å². The van der Waals surface area contributed by atoms with Crippen LogP contribution in [-0.2, 0) is 6.18 Å². The molecule has 5 aromatic rings. The van der Waals surface area contributed by atoms with E-state index in [1.807, 2.05) is 32.1 Å². The molecule has 2 unspecified atom stereocenters. The van der Waals surface area contributed by atoms with Crippen molar-refractivity contribution < 1.29 is 35.5 Å². The summed E-state index contributed by atoms with van der Waals surface area (Å²) in [7, 11) is 1.80. The van der Waals surface area contributed by atoms with Crippen LogP contribution in [0.4, 0.5) is 32.0 Å². The molecule has 7 rings (SSSR count). The summed E-state index contributed by atoms with van der Waals surface area (Å²) in [6.45, 7) is 7.22. The van der Waals surface area contributed by atoms with Gasteiger partial charge in [0.2, 0.25) is 0 Å². The molecular formula is C39H37F6N5O2. The van der Waals surface area contributed by atoms with E-state index in [2.05, 4.69) is 27.9 Å². The summed E-state index contributed by atoms with van der Waals surface area (Å²) in [6, 6.07) is 12.2. The van der Waals surface area contributed by atoms with Gasteiger partial charge in [-0.2, -0.15) is 13.2 Å². The number of nitrogens with two attached hydrogens (primary N) is 1. The van der Waals surface area contributed by atoms with Crippen LogP contribution in [-0.4, -0.2) is 30.2 Å². The van der Waals surface area contributed by atoms with E-state index in [0.717, 1.165) is 35.3 Å². The predicted octanol–water partition coefficient (Wildman–Crippen LogP) is 9.61. The number of anilines is 1. The Kier molecular flexibility index (Phi) is 10.2. The van der Waals surface area contributed by atoms with Gasteiger partial charge in [0.25, 0.3) is 0 Å². The summed E-state index contributed by atoms with van der Waals surface area (Å²) in [6.07, 6.45) is 0.141. The Bertz CT molecular complexity index is 2160. The number of hydrogen-bond acceptors (Lipinski definition) is 7. The minimum absolute atomic E-state index is 0.125. The minimum Gasteiger partial charge on any atom is -0.490 e. The van der Waals surface area contributed by atoms with E-state index >= 15 is 4.39 Å². The maximum absolute atomic E-state index is 15.3. The average Bonchev–Trinajstić information content (AvgIpc) is 3.76. The molecule has 0 spiro atoms. The van der Waals surface area contributed by atoms with Gasteiger partial charge in [-0.05, 0) is 67.9 Å². The van der Waals surface area contributed by atoms with Gasteiger partial charge in [-0.15, -0.1) is 0 Å². The summed E-state index contributed by atoms with van der Waals surface area (Å²) in [5.74, 6) is -3.15. The van der Waals surface area contributed by atoms with Crippen molar-refractivity contribution in [1.82, 2.24) is 15.3 Å². The molecule has 2 aromatic heterocycles. The van der Waals surface area contributed by atoms with E-state index < -0.39 is 40.7 Å². The van der Waals surface area contributed by atoms with Crippen LogP contribution in [0.25, 0.3) is 28.1 Å². The maximum atomic E-state index is 15.3. The monoisotopic (exact) mass is 721 g/mol. The van der Waals surface area contributed by atoms with Gasteiger partial charge in [-0.25, -0.2) is 23.1 Å². The molecule has 1 aliphatic carbocycles. The number of nitrogens with one attached hydrogen (secondary N) is 2. The molecule has 7 nitrogen and oxygen atoms in total. The van der Waals surface area contributed by atoms with Crippen LogP contribution in [0.3, 0.4) is 0 Å². The third-order valence-electron chi connectivity index (χ3n) is 9.06.